The number of halogens is 1. The molecule has 1 saturated heterocycles. The number of aromatic carboxylic acids is 1. The Hall–Kier alpha value is -2.96. The van der Waals surface area contributed by atoms with E-state index in [-0.39, 0.29) is 17.9 Å². The van der Waals surface area contributed by atoms with Crippen LogP contribution in [-0.2, 0) is 6.54 Å². The van der Waals surface area contributed by atoms with Crippen LogP contribution in [0.25, 0.3) is 0 Å². The van der Waals surface area contributed by atoms with Gasteiger partial charge in [0.1, 0.15) is 16.9 Å². The number of carbonyl (C=O) groups excluding carboxylic acids is 1. The number of hydrogen-bond acceptors (Lipinski definition) is 3. The number of benzene rings is 1. The van der Waals surface area contributed by atoms with Crippen molar-refractivity contribution in [2.24, 2.45) is 5.92 Å². The zero-order chi connectivity index (χ0) is 18.1. The molecule has 1 aromatic carbocycles. The Morgan fingerprint density at radius 1 is 1.16 bits per heavy atom. The van der Waals surface area contributed by atoms with Gasteiger partial charge in [-0.1, -0.05) is 19.1 Å². The number of aromatic nitrogens is 1. The molecular formula is C18H17FN2O4. The molecule has 1 fully saturated rings. The van der Waals surface area contributed by atoms with Crippen LogP contribution in [-0.4, -0.2) is 39.5 Å². The highest BCUT2D eigenvalue weighted by atomic mass is 19.1. The lowest BCUT2D eigenvalue weighted by Crippen LogP contribution is -2.50. The molecule has 0 radical (unpaired) electrons. The number of nitrogens with zero attached hydrogens (tertiary/aromatic N) is 2. The highest BCUT2D eigenvalue weighted by Crippen LogP contribution is 2.17. The van der Waals surface area contributed by atoms with Crippen molar-refractivity contribution >= 4 is 11.9 Å². The third-order valence-corrected chi connectivity index (χ3v) is 4.17. The zero-order valence-electron chi connectivity index (χ0n) is 13.6. The van der Waals surface area contributed by atoms with E-state index in [1.54, 1.807) is 12.1 Å². The van der Waals surface area contributed by atoms with Crippen molar-refractivity contribution in [1.82, 2.24) is 9.47 Å². The summed E-state index contributed by atoms with van der Waals surface area (Å²) >= 11 is 0. The minimum atomic E-state index is -1.38. The maximum absolute atomic E-state index is 13.0. The van der Waals surface area contributed by atoms with Gasteiger partial charge in [0.25, 0.3) is 5.91 Å². The van der Waals surface area contributed by atoms with E-state index in [1.165, 1.54) is 34.0 Å². The monoisotopic (exact) mass is 344 g/mol. The van der Waals surface area contributed by atoms with Crippen molar-refractivity contribution in [1.29, 1.82) is 0 Å². The number of amides is 1. The van der Waals surface area contributed by atoms with Crippen LogP contribution >= 0.6 is 0 Å². The highest BCUT2D eigenvalue weighted by molar-refractivity contribution is 5.97. The van der Waals surface area contributed by atoms with E-state index in [1.807, 2.05) is 6.92 Å². The smallest absolute Gasteiger partial charge is 0.341 e. The Bertz CT molecular complexity index is 883. The first-order valence-electron chi connectivity index (χ1n) is 7.86. The number of carbonyl (C=O) groups is 2. The molecule has 0 aliphatic carbocycles. The van der Waals surface area contributed by atoms with Gasteiger partial charge in [-0.05, 0) is 23.6 Å². The van der Waals surface area contributed by atoms with Crippen LogP contribution < -0.4 is 5.43 Å². The van der Waals surface area contributed by atoms with Gasteiger partial charge in [0.2, 0.25) is 5.43 Å². The molecule has 2 heterocycles. The van der Waals surface area contributed by atoms with E-state index in [9.17, 15) is 23.9 Å². The fourth-order valence-electron chi connectivity index (χ4n) is 2.86. The van der Waals surface area contributed by atoms with Gasteiger partial charge in [0, 0.05) is 32.0 Å². The summed E-state index contributed by atoms with van der Waals surface area (Å²) in [5.74, 6) is -1.85. The molecule has 0 atom stereocenters. The summed E-state index contributed by atoms with van der Waals surface area (Å²) < 4.78 is 14.5. The van der Waals surface area contributed by atoms with E-state index in [0.29, 0.717) is 19.0 Å². The number of pyridine rings is 1. The molecule has 25 heavy (non-hydrogen) atoms. The van der Waals surface area contributed by atoms with Crippen LogP contribution in [0.4, 0.5) is 4.39 Å². The maximum atomic E-state index is 13.0. The van der Waals surface area contributed by atoms with Crippen LogP contribution in [0.2, 0.25) is 0 Å². The largest absolute Gasteiger partial charge is 0.477 e. The Labute approximate surface area is 143 Å². The molecule has 0 bridgehead atoms. The standard InChI is InChI=1S/C18H17FN2O4/c1-11-6-21(7-11)17(23)14-9-20(10-15(16(14)22)18(24)25)8-12-2-4-13(19)5-3-12/h2-5,9-11H,6-8H2,1H3,(H,24,25). The van der Waals surface area contributed by atoms with Crippen molar-refractivity contribution in [3.63, 3.8) is 0 Å². The second-order valence-corrected chi connectivity index (χ2v) is 6.33. The van der Waals surface area contributed by atoms with E-state index in [2.05, 4.69) is 0 Å². The van der Waals surface area contributed by atoms with Crippen LogP contribution in [0.5, 0.6) is 0 Å². The molecule has 130 valence electrons. The van der Waals surface area contributed by atoms with Crippen LogP contribution in [0.1, 0.15) is 33.2 Å². The lowest BCUT2D eigenvalue weighted by Gasteiger charge is -2.37. The van der Waals surface area contributed by atoms with Gasteiger partial charge in [0.05, 0.1) is 0 Å². The van der Waals surface area contributed by atoms with E-state index >= 15 is 0 Å². The number of carboxylic acid groups (broad SMARTS) is 1. The number of carboxylic acids is 1. The first-order chi connectivity index (χ1) is 11.8. The predicted molar refractivity (Wildman–Crippen MR) is 88.2 cm³/mol. The topological polar surface area (TPSA) is 79.6 Å². The molecule has 1 amide bonds. The Morgan fingerprint density at radius 2 is 1.76 bits per heavy atom. The van der Waals surface area contributed by atoms with E-state index in [4.69, 9.17) is 0 Å². The minimum Gasteiger partial charge on any atom is -0.477 e. The van der Waals surface area contributed by atoms with E-state index < -0.39 is 22.9 Å². The van der Waals surface area contributed by atoms with E-state index in [0.717, 1.165) is 5.56 Å². The molecule has 0 saturated carbocycles. The zero-order valence-corrected chi connectivity index (χ0v) is 13.6. The quantitative estimate of drug-likeness (QED) is 0.918. The highest BCUT2D eigenvalue weighted by Gasteiger charge is 2.30. The summed E-state index contributed by atoms with van der Waals surface area (Å²) in [6, 6.07) is 5.71. The van der Waals surface area contributed by atoms with Crippen molar-refractivity contribution in [3.05, 3.63) is 69.4 Å². The predicted octanol–water partition coefficient (Wildman–Crippen LogP) is 1.83. The number of rotatable bonds is 4. The normalized spacial score (nSPS) is 14.2. The first kappa shape index (κ1) is 16.9. The van der Waals surface area contributed by atoms with Gasteiger partial charge in [-0.2, -0.15) is 0 Å². The molecule has 0 spiro atoms. The van der Waals surface area contributed by atoms with Crippen molar-refractivity contribution in [2.45, 2.75) is 13.5 Å². The minimum absolute atomic E-state index is 0.158. The third kappa shape index (κ3) is 3.45. The molecule has 1 aliphatic heterocycles. The first-order valence-corrected chi connectivity index (χ1v) is 7.86. The van der Waals surface area contributed by atoms with Crippen LogP contribution in [0.15, 0.2) is 41.5 Å². The molecule has 1 aliphatic rings. The van der Waals surface area contributed by atoms with Gasteiger partial charge < -0.3 is 14.6 Å². The van der Waals surface area contributed by atoms with Crippen LogP contribution in [0, 0.1) is 11.7 Å². The SMILES string of the molecule is CC1CN(C(=O)c2cn(Cc3ccc(F)cc3)cc(C(=O)O)c2=O)C1. The van der Waals surface area contributed by atoms with Gasteiger partial charge >= 0.3 is 5.97 Å². The Balaban J connectivity index is 1.98. The molecule has 6 nitrogen and oxygen atoms in total. The average Bonchev–Trinajstić information content (AvgIpc) is 2.54. The molecule has 7 heteroatoms. The van der Waals surface area contributed by atoms with Crippen molar-refractivity contribution in [2.75, 3.05) is 13.1 Å². The maximum Gasteiger partial charge on any atom is 0.341 e. The van der Waals surface area contributed by atoms with Gasteiger partial charge in [-0.15, -0.1) is 0 Å². The summed E-state index contributed by atoms with van der Waals surface area (Å²) in [5.41, 5.74) is -0.680. The van der Waals surface area contributed by atoms with Crippen molar-refractivity contribution < 1.29 is 19.1 Å². The van der Waals surface area contributed by atoms with Gasteiger partial charge in [-0.25, -0.2) is 9.18 Å². The number of likely N-dealkylation sites (tertiary alicyclic amines) is 1. The molecule has 0 unspecified atom stereocenters. The fraction of sp³-hybridized carbons (Fsp3) is 0.278. The summed E-state index contributed by atoms with van der Waals surface area (Å²) in [6.45, 7) is 3.31. The fourth-order valence-corrected chi connectivity index (χ4v) is 2.86. The number of hydrogen-bond donors (Lipinski definition) is 1. The summed E-state index contributed by atoms with van der Waals surface area (Å²) in [4.78, 5) is 37.7. The summed E-state index contributed by atoms with van der Waals surface area (Å²) in [7, 11) is 0. The molecule has 1 aromatic heterocycles. The molecule has 3 rings (SSSR count). The summed E-state index contributed by atoms with van der Waals surface area (Å²) in [6.07, 6.45) is 2.56. The Kier molecular flexibility index (Phi) is 4.39. The average molecular weight is 344 g/mol. The lowest BCUT2D eigenvalue weighted by molar-refractivity contribution is 0.0528. The molecule has 1 N–H and O–H groups in total. The molecule has 2 aromatic rings. The second kappa shape index (κ2) is 6.51. The third-order valence-electron chi connectivity index (χ3n) is 4.17. The Morgan fingerprint density at radius 3 is 2.32 bits per heavy atom. The van der Waals surface area contributed by atoms with Crippen molar-refractivity contribution in [3.8, 4) is 0 Å². The van der Waals surface area contributed by atoms with Gasteiger partial charge in [-0.3, -0.25) is 9.59 Å². The van der Waals surface area contributed by atoms with Gasteiger partial charge in [0.15, 0.2) is 0 Å². The van der Waals surface area contributed by atoms with Crippen LogP contribution in [0.3, 0.4) is 0 Å². The second-order valence-electron chi connectivity index (χ2n) is 6.33. The molecular weight excluding hydrogens is 327 g/mol. The summed E-state index contributed by atoms with van der Waals surface area (Å²) in [5, 5.41) is 9.26. The lowest BCUT2D eigenvalue weighted by atomic mass is 10.0.